The summed E-state index contributed by atoms with van der Waals surface area (Å²) in [5.41, 5.74) is 0. The van der Waals surface area contributed by atoms with Gasteiger partial charge in [-0.1, -0.05) is 18.2 Å². The van der Waals surface area contributed by atoms with E-state index in [1.165, 1.54) is 6.42 Å². The van der Waals surface area contributed by atoms with Crippen molar-refractivity contribution in [3.05, 3.63) is 49.1 Å². The summed E-state index contributed by atoms with van der Waals surface area (Å²) in [5, 5.41) is 0. The summed E-state index contributed by atoms with van der Waals surface area (Å²) in [6.45, 7) is 3.15. The second-order valence-electron chi connectivity index (χ2n) is 8.24. The molecule has 7 nitrogen and oxygen atoms in total. The normalized spacial score (nSPS) is 22.0. The Morgan fingerprint density at radius 3 is 2.53 bits per heavy atom. The molecule has 0 unspecified atom stereocenters. The van der Waals surface area contributed by atoms with Gasteiger partial charge in [0.15, 0.2) is 0 Å². The molecule has 0 N–H and O–H groups in total. The minimum Gasteiger partial charge on any atom is -0.490 e. The average Bonchev–Trinajstić information content (AvgIpc) is 3.29. The van der Waals surface area contributed by atoms with Gasteiger partial charge in [0.05, 0.1) is 6.33 Å². The fourth-order valence-electron chi connectivity index (χ4n) is 4.40. The fourth-order valence-corrected chi connectivity index (χ4v) is 4.40. The van der Waals surface area contributed by atoms with Gasteiger partial charge in [0.25, 0.3) is 0 Å². The number of carbonyl (C=O) groups is 2. The maximum absolute atomic E-state index is 13.0. The molecular formula is C23H30N4O3. The lowest BCUT2D eigenvalue weighted by Gasteiger charge is -2.39. The van der Waals surface area contributed by atoms with E-state index in [0.717, 1.165) is 38.1 Å². The number of nitrogens with zero attached hydrogens (tertiary/aromatic N) is 4. The molecule has 30 heavy (non-hydrogen) atoms. The molecule has 0 saturated carbocycles. The van der Waals surface area contributed by atoms with Crippen molar-refractivity contribution < 1.29 is 14.3 Å². The molecule has 1 aromatic carbocycles. The van der Waals surface area contributed by atoms with Crippen LogP contribution in [0.4, 0.5) is 0 Å². The summed E-state index contributed by atoms with van der Waals surface area (Å²) in [4.78, 5) is 33.6. The van der Waals surface area contributed by atoms with E-state index in [9.17, 15) is 9.59 Å². The molecule has 0 bridgehead atoms. The highest BCUT2D eigenvalue weighted by molar-refractivity contribution is 5.78. The molecule has 0 spiro atoms. The minimum absolute atomic E-state index is 0.0138. The van der Waals surface area contributed by atoms with Crippen LogP contribution in [0.1, 0.15) is 32.1 Å². The summed E-state index contributed by atoms with van der Waals surface area (Å²) in [5.74, 6) is 1.04. The van der Waals surface area contributed by atoms with Gasteiger partial charge in [0.2, 0.25) is 11.8 Å². The van der Waals surface area contributed by atoms with E-state index in [1.807, 2.05) is 40.1 Å². The van der Waals surface area contributed by atoms with Crippen molar-refractivity contribution in [2.75, 3.05) is 26.2 Å². The number of amides is 2. The van der Waals surface area contributed by atoms with Crippen LogP contribution in [0.2, 0.25) is 0 Å². The van der Waals surface area contributed by atoms with Crippen LogP contribution < -0.4 is 4.74 Å². The van der Waals surface area contributed by atoms with Crippen LogP contribution in [-0.4, -0.2) is 63.4 Å². The number of ether oxygens (including phenoxy) is 1. The van der Waals surface area contributed by atoms with Crippen LogP contribution in [0.25, 0.3) is 0 Å². The molecule has 0 aliphatic carbocycles. The largest absolute Gasteiger partial charge is 0.490 e. The lowest BCUT2D eigenvalue weighted by atomic mass is 9.90. The number of likely N-dealkylation sites (tertiary alicyclic amines) is 2. The van der Waals surface area contributed by atoms with Crippen molar-refractivity contribution in [2.24, 2.45) is 5.92 Å². The first-order chi connectivity index (χ1) is 14.7. The van der Waals surface area contributed by atoms with Crippen LogP contribution >= 0.6 is 0 Å². The van der Waals surface area contributed by atoms with Crippen LogP contribution in [0.5, 0.6) is 5.75 Å². The van der Waals surface area contributed by atoms with E-state index < -0.39 is 0 Å². The number of benzene rings is 1. The zero-order valence-corrected chi connectivity index (χ0v) is 17.4. The molecule has 2 aliphatic heterocycles. The SMILES string of the molecule is O=C(C[C@H]1CN(C(=O)Cn2ccnc2)CC[C@@H]1Oc1ccccc1)N1CCCCC1. The number of carbonyl (C=O) groups excluding carboxylic acids is 2. The van der Waals surface area contributed by atoms with E-state index in [2.05, 4.69) is 4.98 Å². The first-order valence-electron chi connectivity index (χ1n) is 10.9. The second-order valence-corrected chi connectivity index (χ2v) is 8.24. The van der Waals surface area contributed by atoms with Crippen molar-refractivity contribution in [1.29, 1.82) is 0 Å². The van der Waals surface area contributed by atoms with Gasteiger partial charge in [-0.25, -0.2) is 4.98 Å². The molecule has 2 amide bonds. The van der Waals surface area contributed by atoms with Crippen molar-refractivity contribution in [1.82, 2.24) is 19.4 Å². The monoisotopic (exact) mass is 410 g/mol. The molecule has 1 aromatic heterocycles. The topological polar surface area (TPSA) is 67.7 Å². The molecule has 7 heteroatoms. The molecule has 2 atom stereocenters. The zero-order chi connectivity index (χ0) is 20.8. The lowest BCUT2D eigenvalue weighted by Crippen LogP contribution is -2.50. The third kappa shape index (κ3) is 5.20. The van der Waals surface area contributed by atoms with Crippen LogP contribution in [-0.2, 0) is 16.1 Å². The molecule has 4 rings (SSSR count). The number of rotatable bonds is 6. The van der Waals surface area contributed by atoms with E-state index in [0.29, 0.717) is 19.5 Å². The Balaban J connectivity index is 1.43. The third-order valence-corrected chi connectivity index (χ3v) is 6.07. The lowest BCUT2D eigenvalue weighted by molar-refractivity contribution is -0.140. The van der Waals surface area contributed by atoms with Crippen molar-refractivity contribution in [2.45, 2.75) is 44.8 Å². The van der Waals surface area contributed by atoms with Crippen molar-refractivity contribution in [3.63, 3.8) is 0 Å². The average molecular weight is 411 g/mol. The summed E-state index contributed by atoms with van der Waals surface area (Å²) in [6.07, 6.45) is 9.55. The van der Waals surface area contributed by atoms with E-state index in [-0.39, 0.29) is 30.4 Å². The smallest absolute Gasteiger partial charge is 0.242 e. The summed E-state index contributed by atoms with van der Waals surface area (Å²) < 4.78 is 8.05. The Kier molecular flexibility index (Phi) is 6.67. The van der Waals surface area contributed by atoms with E-state index in [4.69, 9.17) is 4.74 Å². The number of imidazole rings is 1. The van der Waals surface area contributed by atoms with Gasteiger partial charge in [-0.05, 0) is 31.4 Å². The Hall–Kier alpha value is -2.83. The van der Waals surface area contributed by atoms with Gasteiger partial charge >= 0.3 is 0 Å². The number of aromatic nitrogens is 2. The Morgan fingerprint density at radius 2 is 1.80 bits per heavy atom. The van der Waals surface area contributed by atoms with Gasteiger partial charge in [-0.2, -0.15) is 0 Å². The molecule has 2 saturated heterocycles. The van der Waals surface area contributed by atoms with Gasteiger partial charge in [-0.3, -0.25) is 9.59 Å². The van der Waals surface area contributed by atoms with Crippen molar-refractivity contribution >= 4 is 11.8 Å². The highest BCUT2D eigenvalue weighted by Crippen LogP contribution is 2.27. The summed E-state index contributed by atoms with van der Waals surface area (Å²) in [6, 6.07) is 9.75. The van der Waals surface area contributed by atoms with E-state index >= 15 is 0 Å². The first-order valence-corrected chi connectivity index (χ1v) is 10.9. The molecule has 160 valence electrons. The number of para-hydroxylation sites is 1. The summed E-state index contributed by atoms with van der Waals surface area (Å²) >= 11 is 0. The quantitative estimate of drug-likeness (QED) is 0.734. The highest BCUT2D eigenvalue weighted by Gasteiger charge is 2.35. The predicted molar refractivity (Wildman–Crippen MR) is 113 cm³/mol. The standard InChI is InChI=1S/C23H30N4O3/c28-22(26-11-5-2-6-12-26)15-19-16-27(23(29)17-25-14-10-24-18-25)13-9-21(19)30-20-7-3-1-4-8-20/h1,3-4,7-8,10,14,18-19,21H,2,5-6,9,11-13,15-17H2/t19-,21-/m0/s1. The van der Waals surface area contributed by atoms with E-state index in [1.54, 1.807) is 23.3 Å². The molecular weight excluding hydrogens is 380 g/mol. The minimum atomic E-state index is -0.0709. The third-order valence-electron chi connectivity index (χ3n) is 6.07. The highest BCUT2D eigenvalue weighted by atomic mass is 16.5. The predicted octanol–water partition coefficient (Wildman–Crippen LogP) is 2.58. The molecule has 2 aromatic rings. The van der Waals surface area contributed by atoms with Gasteiger partial charge in [0.1, 0.15) is 18.4 Å². The first kappa shape index (κ1) is 20.4. The van der Waals surface area contributed by atoms with Crippen LogP contribution in [0.3, 0.4) is 0 Å². The van der Waals surface area contributed by atoms with Gasteiger partial charge < -0.3 is 19.1 Å². The number of piperidine rings is 2. The summed E-state index contributed by atoms with van der Waals surface area (Å²) in [7, 11) is 0. The van der Waals surface area contributed by atoms with Gasteiger partial charge in [-0.15, -0.1) is 0 Å². The van der Waals surface area contributed by atoms with Crippen LogP contribution in [0, 0.1) is 5.92 Å². The number of hydrogen-bond donors (Lipinski definition) is 0. The van der Waals surface area contributed by atoms with Crippen molar-refractivity contribution in [3.8, 4) is 5.75 Å². The number of hydrogen-bond acceptors (Lipinski definition) is 4. The van der Waals surface area contributed by atoms with Crippen LogP contribution in [0.15, 0.2) is 49.1 Å². The Morgan fingerprint density at radius 1 is 1.00 bits per heavy atom. The molecule has 0 radical (unpaired) electrons. The molecule has 3 heterocycles. The maximum Gasteiger partial charge on any atom is 0.242 e. The second kappa shape index (κ2) is 9.78. The molecule has 2 fully saturated rings. The van der Waals surface area contributed by atoms with Gasteiger partial charge in [0, 0.05) is 57.3 Å². The molecule has 2 aliphatic rings. The zero-order valence-electron chi connectivity index (χ0n) is 17.4. The maximum atomic E-state index is 13.0. The Bertz CT molecular complexity index is 818. The fraction of sp³-hybridized carbons (Fsp3) is 0.522. The Labute approximate surface area is 177 Å².